The molecule has 164 valence electrons. The summed E-state index contributed by atoms with van der Waals surface area (Å²) in [5.74, 6) is -2.86. The van der Waals surface area contributed by atoms with Gasteiger partial charge >= 0.3 is 0 Å². The fourth-order valence-electron chi connectivity index (χ4n) is 3.38. The summed E-state index contributed by atoms with van der Waals surface area (Å²) in [5, 5.41) is 11.9. The van der Waals surface area contributed by atoms with Crippen molar-refractivity contribution in [3.8, 4) is 5.75 Å². The van der Waals surface area contributed by atoms with E-state index in [2.05, 4.69) is 40.5 Å². The Kier molecular flexibility index (Phi) is 7.31. The molecule has 1 atom stereocenters. The van der Waals surface area contributed by atoms with E-state index in [0.29, 0.717) is 22.5 Å². The number of halogens is 3. The van der Waals surface area contributed by atoms with Crippen molar-refractivity contribution in [2.24, 2.45) is 0 Å². The monoisotopic (exact) mass is 552 g/mol. The highest BCUT2D eigenvalue weighted by Crippen LogP contribution is 2.32. The predicted octanol–water partition coefficient (Wildman–Crippen LogP) is 3.76. The van der Waals surface area contributed by atoms with E-state index in [1.807, 2.05) is 6.92 Å². The molecule has 1 fully saturated rings. The number of β-amino-alcohol motifs (C(OH)–C–C–N with tert-alkyl or cyclic N) is 1. The van der Waals surface area contributed by atoms with Crippen molar-refractivity contribution in [2.75, 3.05) is 32.8 Å². The van der Waals surface area contributed by atoms with E-state index in [1.54, 1.807) is 25.1 Å². The van der Waals surface area contributed by atoms with E-state index in [1.165, 1.54) is 4.90 Å². The molecule has 0 spiro atoms. The molecule has 2 heterocycles. The molecule has 0 bridgehead atoms. The number of fused-ring (bicyclic) bond motifs is 1. The summed E-state index contributed by atoms with van der Waals surface area (Å²) >= 11 is 6.51. The number of allylic oxidation sites excluding steroid dienone is 1. The standard InChI is InChI=1S/C20H23F2IN2O4S/c1-11(23)16(30)9-28-13-3-4-15-14(7-13)18(12(2)29-15)19(27)24-17-8-25(5-6-26)10-20(17,21)22/h3-4,7,17,26,30H,5-6,8-10H2,1-2H3,(H,24,27)/b16-11-. The number of hydrogen-bond acceptors (Lipinski definition) is 6. The average Bonchev–Trinajstić information content (AvgIpc) is 3.14. The molecule has 0 saturated carbocycles. The Labute approximate surface area is 192 Å². The zero-order valence-corrected chi connectivity index (χ0v) is 19.6. The number of amides is 1. The number of benzene rings is 1. The lowest BCUT2D eigenvalue weighted by molar-refractivity contribution is -0.0103. The average molecular weight is 552 g/mol. The Hall–Kier alpha value is -1.37. The molecule has 6 nitrogen and oxygen atoms in total. The van der Waals surface area contributed by atoms with Gasteiger partial charge in [-0.25, -0.2) is 8.78 Å². The summed E-state index contributed by atoms with van der Waals surface area (Å²) in [6, 6.07) is 3.72. The van der Waals surface area contributed by atoms with Gasteiger partial charge in [0.2, 0.25) is 0 Å². The minimum atomic E-state index is -3.08. The number of nitrogens with one attached hydrogen (secondary N) is 1. The van der Waals surface area contributed by atoms with Gasteiger partial charge in [-0.2, -0.15) is 0 Å². The first kappa shape index (κ1) is 23.3. The van der Waals surface area contributed by atoms with Gasteiger partial charge in [-0.15, -0.1) is 12.6 Å². The van der Waals surface area contributed by atoms with E-state index >= 15 is 0 Å². The Bertz CT molecular complexity index is 975. The summed E-state index contributed by atoms with van der Waals surface area (Å²) in [6.45, 7) is 3.19. The van der Waals surface area contributed by atoms with Crippen LogP contribution in [0.1, 0.15) is 23.0 Å². The summed E-state index contributed by atoms with van der Waals surface area (Å²) in [7, 11) is 0. The van der Waals surface area contributed by atoms with Gasteiger partial charge in [0.15, 0.2) is 0 Å². The van der Waals surface area contributed by atoms with Crippen molar-refractivity contribution >= 4 is 52.1 Å². The van der Waals surface area contributed by atoms with E-state index in [-0.39, 0.29) is 31.9 Å². The van der Waals surface area contributed by atoms with Gasteiger partial charge in [0.1, 0.15) is 29.7 Å². The van der Waals surface area contributed by atoms with Crippen LogP contribution < -0.4 is 10.1 Å². The number of furan rings is 1. The Morgan fingerprint density at radius 1 is 1.50 bits per heavy atom. The number of rotatable bonds is 7. The van der Waals surface area contributed by atoms with Crippen LogP contribution >= 0.6 is 35.2 Å². The molecule has 2 aromatic rings. The second-order valence-electron chi connectivity index (χ2n) is 7.21. The van der Waals surface area contributed by atoms with Crippen LogP contribution in [0.4, 0.5) is 8.78 Å². The SMILES string of the molecule is C/C(I)=C(/S)COc1ccc2oc(C)c(C(=O)NC3CN(CCO)CC3(F)F)c2c1. The predicted molar refractivity (Wildman–Crippen MR) is 122 cm³/mol. The Balaban J connectivity index is 1.82. The first-order valence-corrected chi connectivity index (χ1v) is 10.9. The number of alkyl halides is 2. The number of carbonyl (C=O) groups is 1. The molecule has 1 aliphatic heterocycles. The molecule has 1 aliphatic rings. The maximum atomic E-state index is 14.3. The fraction of sp³-hybridized carbons (Fsp3) is 0.450. The number of aryl methyl sites for hydroxylation is 1. The van der Waals surface area contributed by atoms with Crippen LogP contribution in [-0.2, 0) is 0 Å². The molecule has 1 amide bonds. The van der Waals surface area contributed by atoms with Crippen LogP contribution in [0.3, 0.4) is 0 Å². The zero-order chi connectivity index (χ0) is 22.1. The second kappa shape index (κ2) is 9.41. The number of ether oxygens (including phenoxy) is 1. The summed E-state index contributed by atoms with van der Waals surface area (Å²) in [6.07, 6.45) is 0. The maximum Gasteiger partial charge on any atom is 0.281 e. The topological polar surface area (TPSA) is 74.9 Å². The molecular weight excluding hydrogens is 529 g/mol. The van der Waals surface area contributed by atoms with E-state index in [0.717, 1.165) is 8.48 Å². The quantitative estimate of drug-likeness (QED) is 0.361. The highest BCUT2D eigenvalue weighted by Gasteiger charge is 2.48. The highest BCUT2D eigenvalue weighted by molar-refractivity contribution is 14.1. The molecule has 10 heteroatoms. The van der Waals surface area contributed by atoms with Gasteiger partial charge < -0.3 is 19.6 Å². The van der Waals surface area contributed by atoms with E-state index in [9.17, 15) is 13.6 Å². The third kappa shape index (κ3) is 5.09. The molecule has 30 heavy (non-hydrogen) atoms. The van der Waals surface area contributed by atoms with Crippen LogP contribution in [0, 0.1) is 6.92 Å². The number of aliphatic hydroxyl groups is 1. The van der Waals surface area contributed by atoms with Gasteiger partial charge in [0, 0.05) is 27.0 Å². The number of carbonyl (C=O) groups excluding carboxylic acids is 1. The number of nitrogens with zero attached hydrogens (tertiary/aromatic N) is 1. The van der Waals surface area contributed by atoms with Crippen LogP contribution in [0.25, 0.3) is 11.0 Å². The molecule has 1 aromatic heterocycles. The number of likely N-dealkylation sites (tertiary alicyclic amines) is 1. The number of hydrogen-bond donors (Lipinski definition) is 3. The first-order chi connectivity index (χ1) is 14.1. The van der Waals surface area contributed by atoms with Crippen molar-refractivity contribution in [1.29, 1.82) is 0 Å². The minimum Gasteiger partial charge on any atom is -0.488 e. The van der Waals surface area contributed by atoms with Gasteiger partial charge in [0.05, 0.1) is 18.7 Å². The van der Waals surface area contributed by atoms with E-state index in [4.69, 9.17) is 14.3 Å². The lowest BCUT2D eigenvalue weighted by Gasteiger charge is -2.19. The van der Waals surface area contributed by atoms with E-state index < -0.39 is 24.4 Å². The maximum absolute atomic E-state index is 14.3. The normalized spacial score (nSPS) is 19.8. The van der Waals surface area contributed by atoms with Crippen LogP contribution in [0.15, 0.2) is 31.1 Å². The summed E-state index contributed by atoms with van der Waals surface area (Å²) in [5.41, 5.74) is 0.676. The molecule has 0 aliphatic carbocycles. The second-order valence-corrected chi connectivity index (χ2v) is 9.36. The van der Waals surface area contributed by atoms with Crippen molar-refractivity contribution in [2.45, 2.75) is 25.8 Å². The lowest BCUT2D eigenvalue weighted by Crippen LogP contribution is -2.46. The van der Waals surface area contributed by atoms with Gasteiger partial charge in [-0.1, -0.05) is 0 Å². The van der Waals surface area contributed by atoms with Crippen molar-refractivity contribution in [3.63, 3.8) is 0 Å². The highest BCUT2D eigenvalue weighted by atomic mass is 127. The van der Waals surface area contributed by atoms with Crippen molar-refractivity contribution < 1.29 is 27.8 Å². The van der Waals surface area contributed by atoms with Crippen LogP contribution in [0.5, 0.6) is 5.75 Å². The molecule has 1 unspecified atom stereocenters. The first-order valence-electron chi connectivity index (χ1n) is 9.34. The van der Waals surface area contributed by atoms with Crippen LogP contribution in [-0.4, -0.2) is 60.7 Å². The van der Waals surface area contributed by atoms with Crippen molar-refractivity contribution in [1.82, 2.24) is 10.2 Å². The number of thiol groups is 1. The molecule has 3 rings (SSSR count). The molecule has 1 aromatic carbocycles. The molecule has 1 saturated heterocycles. The van der Waals surface area contributed by atoms with Gasteiger partial charge in [0.25, 0.3) is 11.8 Å². The largest absolute Gasteiger partial charge is 0.488 e. The fourth-order valence-corrected chi connectivity index (χ4v) is 3.60. The number of aliphatic hydroxyl groups excluding tert-OH is 1. The third-order valence-electron chi connectivity index (χ3n) is 4.94. The smallest absolute Gasteiger partial charge is 0.281 e. The summed E-state index contributed by atoms with van der Waals surface area (Å²) in [4.78, 5) is 15.1. The van der Waals surface area contributed by atoms with Crippen molar-refractivity contribution in [3.05, 3.63) is 38.0 Å². The molecule has 0 radical (unpaired) electrons. The van der Waals surface area contributed by atoms with Gasteiger partial charge in [-0.3, -0.25) is 9.69 Å². The Morgan fingerprint density at radius 2 is 2.23 bits per heavy atom. The molecule has 2 N–H and O–H groups in total. The lowest BCUT2D eigenvalue weighted by atomic mass is 10.1. The van der Waals surface area contributed by atoms with Crippen LogP contribution in [0.2, 0.25) is 0 Å². The Morgan fingerprint density at radius 3 is 2.90 bits per heavy atom. The van der Waals surface area contributed by atoms with Gasteiger partial charge in [-0.05, 0) is 54.6 Å². The summed E-state index contributed by atoms with van der Waals surface area (Å²) < 4.78 is 41.0. The zero-order valence-electron chi connectivity index (χ0n) is 16.5. The molecular formula is C20H23F2IN2O4S. The minimum absolute atomic E-state index is 0.0325. The third-order valence-corrected chi connectivity index (χ3v) is 6.48.